The van der Waals surface area contributed by atoms with E-state index in [2.05, 4.69) is 4.98 Å². The lowest BCUT2D eigenvalue weighted by Crippen LogP contribution is -2.15. The van der Waals surface area contributed by atoms with Crippen molar-refractivity contribution in [2.24, 2.45) is 0 Å². The number of benzene rings is 2. The first-order valence-corrected chi connectivity index (χ1v) is 5.64. The molecule has 4 heteroatoms. The first-order chi connectivity index (χ1) is 8.68. The number of imidazole rings is 1. The summed E-state index contributed by atoms with van der Waals surface area (Å²) in [5, 5.41) is 0. The van der Waals surface area contributed by atoms with Gasteiger partial charge in [0.1, 0.15) is 11.3 Å². The van der Waals surface area contributed by atoms with Gasteiger partial charge in [-0.2, -0.15) is 0 Å². The Labute approximate surface area is 103 Å². The maximum absolute atomic E-state index is 13.9. The molecule has 2 aromatic carbocycles. The zero-order chi connectivity index (χ0) is 12.7. The van der Waals surface area contributed by atoms with E-state index in [0.29, 0.717) is 11.2 Å². The molecule has 3 rings (SSSR count). The molecule has 0 atom stereocenters. The Morgan fingerprint density at radius 1 is 1.11 bits per heavy atom. The molecule has 1 N–H and O–H groups in total. The average Bonchev–Trinajstić information content (AvgIpc) is 2.68. The van der Waals surface area contributed by atoms with Crippen molar-refractivity contribution in [1.29, 1.82) is 0 Å². The summed E-state index contributed by atoms with van der Waals surface area (Å²) in [6.45, 7) is 1.89. The number of nitrogens with one attached hydrogen (secondary N) is 1. The Morgan fingerprint density at radius 3 is 2.67 bits per heavy atom. The molecule has 0 saturated heterocycles. The number of aromatic amines is 1. The van der Waals surface area contributed by atoms with Crippen molar-refractivity contribution >= 4 is 11.0 Å². The Morgan fingerprint density at radius 2 is 1.89 bits per heavy atom. The number of para-hydroxylation sites is 2. The molecular weight excluding hydrogens is 231 g/mol. The lowest BCUT2D eigenvalue weighted by atomic mass is 10.2. The summed E-state index contributed by atoms with van der Waals surface area (Å²) in [5.74, 6) is -0.408. The van der Waals surface area contributed by atoms with Crippen LogP contribution in [-0.2, 0) is 0 Å². The van der Waals surface area contributed by atoms with Crippen LogP contribution in [0.4, 0.5) is 4.39 Å². The van der Waals surface area contributed by atoms with Crippen molar-refractivity contribution in [3.8, 4) is 5.69 Å². The van der Waals surface area contributed by atoms with E-state index in [4.69, 9.17) is 0 Å². The van der Waals surface area contributed by atoms with E-state index in [1.807, 2.05) is 25.1 Å². The summed E-state index contributed by atoms with van der Waals surface area (Å²) in [4.78, 5) is 14.6. The van der Waals surface area contributed by atoms with Crippen molar-refractivity contribution in [2.75, 3.05) is 0 Å². The summed E-state index contributed by atoms with van der Waals surface area (Å²) in [7, 11) is 0. The highest BCUT2D eigenvalue weighted by Crippen LogP contribution is 2.20. The highest BCUT2D eigenvalue weighted by atomic mass is 19.1. The van der Waals surface area contributed by atoms with Gasteiger partial charge in [-0.25, -0.2) is 9.18 Å². The molecule has 3 aromatic rings. The van der Waals surface area contributed by atoms with Crippen molar-refractivity contribution in [2.45, 2.75) is 6.92 Å². The zero-order valence-corrected chi connectivity index (χ0v) is 9.77. The lowest BCUT2D eigenvalue weighted by Gasteiger charge is -2.07. The smallest absolute Gasteiger partial charge is 0.305 e. The summed E-state index contributed by atoms with van der Waals surface area (Å²) in [5.41, 5.74) is 2.08. The molecule has 0 radical (unpaired) electrons. The first kappa shape index (κ1) is 10.8. The second-order valence-electron chi connectivity index (χ2n) is 4.19. The molecule has 90 valence electrons. The maximum Gasteiger partial charge on any atom is 0.331 e. The third kappa shape index (κ3) is 1.46. The van der Waals surface area contributed by atoms with Crippen LogP contribution >= 0.6 is 0 Å². The van der Waals surface area contributed by atoms with Crippen LogP contribution in [0.25, 0.3) is 16.7 Å². The monoisotopic (exact) mass is 242 g/mol. The van der Waals surface area contributed by atoms with E-state index in [9.17, 15) is 9.18 Å². The SMILES string of the molecule is Cc1ccccc1-n1c(=O)[nH]c2cccc(F)c21. The molecule has 1 aromatic heterocycles. The fraction of sp³-hybridized carbons (Fsp3) is 0.0714. The number of hydrogen-bond acceptors (Lipinski definition) is 1. The van der Waals surface area contributed by atoms with Gasteiger partial charge in [-0.3, -0.25) is 4.57 Å². The van der Waals surface area contributed by atoms with Gasteiger partial charge in [-0.15, -0.1) is 0 Å². The third-order valence-corrected chi connectivity index (χ3v) is 3.01. The topological polar surface area (TPSA) is 37.8 Å². The molecule has 0 aliphatic rings. The second-order valence-corrected chi connectivity index (χ2v) is 4.19. The second kappa shape index (κ2) is 3.84. The van der Waals surface area contributed by atoms with E-state index in [1.165, 1.54) is 10.6 Å². The van der Waals surface area contributed by atoms with Crippen molar-refractivity contribution in [3.05, 3.63) is 64.3 Å². The summed E-state index contributed by atoms with van der Waals surface area (Å²) >= 11 is 0. The molecule has 0 amide bonds. The van der Waals surface area contributed by atoms with Gasteiger partial charge in [0.05, 0.1) is 11.2 Å². The van der Waals surface area contributed by atoms with Crippen LogP contribution in [0.15, 0.2) is 47.3 Å². The predicted molar refractivity (Wildman–Crippen MR) is 68.6 cm³/mol. The van der Waals surface area contributed by atoms with Gasteiger partial charge in [0.25, 0.3) is 0 Å². The van der Waals surface area contributed by atoms with Crippen LogP contribution in [0.5, 0.6) is 0 Å². The van der Waals surface area contributed by atoms with E-state index in [-0.39, 0.29) is 11.2 Å². The van der Waals surface area contributed by atoms with Crippen molar-refractivity contribution < 1.29 is 4.39 Å². The highest BCUT2D eigenvalue weighted by molar-refractivity contribution is 5.78. The number of hydrogen-bond donors (Lipinski definition) is 1. The van der Waals surface area contributed by atoms with Gasteiger partial charge < -0.3 is 4.98 Å². The minimum atomic E-state index is -0.408. The van der Waals surface area contributed by atoms with Crippen molar-refractivity contribution in [1.82, 2.24) is 9.55 Å². The number of fused-ring (bicyclic) bond motifs is 1. The molecule has 0 aliphatic heterocycles. The number of aromatic nitrogens is 2. The van der Waals surface area contributed by atoms with Gasteiger partial charge in [0.2, 0.25) is 0 Å². The molecular formula is C14H11FN2O. The molecule has 3 nitrogen and oxygen atoms in total. The fourth-order valence-electron chi connectivity index (χ4n) is 2.16. The van der Waals surface area contributed by atoms with Crippen LogP contribution in [-0.4, -0.2) is 9.55 Å². The van der Waals surface area contributed by atoms with E-state index >= 15 is 0 Å². The Kier molecular flexibility index (Phi) is 2.30. The van der Waals surface area contributed by atoms with Crippen LogP contribution in [0.3, 0.4) is 0 Å². The predicted octanol–water partition coefficient (Wildman–Crippen LogP) is 2.77. The Hall–Kier alpha value is -2.36. The van der Waals surface area contributed by atoms with Crippen LogP contribution in [0, 0.1) is 12.7 Å². The standard InChI is InChI=1S/C14H11FN2O/c1-9-5-2-3-8-12(9)17-13-10(15)6-4-7-11(13)16-14(17)18/h2-8H,1H3,(H,16,18). The first-order valence-electron chi connectivity index (χ1n) is 5.64. The van der Waals surface area contributed by atoms with Crippen molar-refractivity contribution in [3.63, 3.8) is 0 Å². The quantitative estimate of drug-likeness (QED) is 0.700. The van der Waals surface area contributed by atoms with Crippen LogP contribution in [0.1, 0.15) is 5.56 Å². The largest absolute Gasteiger partial charge is 0.331 e. The number of rotatable bonds is 1. The molecule has 0 fully saturated rings. The van der Waals surface area contributed by atoms with E-state index < -0.39 is 5.82 Å². The highest BCUT2D eigenvalue weighted by Gasteiger charge is 2.13. The van der Waals surface area contributed by atoms with E-state index in [1.54, 1.807) is 18.2 Å². The van der Waals surface area contributed by atoms with E-state index in [0.717, 1.165) is 5.56 Å². The molecule has 0 saturated carbocycles. The van der Waals surface area contributed by atoms with Crippen LogP contribution in [0.2, 0.25) is 0 Å². The molecule has 18 heavy (non-hydrogen) atoms. The average molecular weight is 242 g/mol. The molecule has 0 spiro atoms. The minimum Gasteiger partial charge on any atom is -0.305 e. The number of nitrogens with zero attached hydrogens (tertiary/aromatic N) is 1. The summed E-state index contributed by atoms with van der Waals surface area (Å²) in [6, 6.07) is 12.0. The zero-order valence-electron chi connectivity index (χ0n) is 9.77. The summed E-state index contributed by atoms with van der Waals surface area (Å²) in [6.07, 6.45) is 0. The molecule has 0 bridgehead atoms. The number of halogens is 1. The van der Waals surface area contributed by atoms with Gasteiger partial charge in [0.15, 0.2) is 0 Å². The summed E-state index contributed by atoms with van der Waals surface area (Å²) < 4.78 is 15.3. The Balaban J connectivity index is 2.47. The number of H-pyrrole nitrogens is 1. The van der Waals surface area contributed by atoms with Crippen LogP contribution < -0.4 is 5.69 Å². The van der Waals surface area contributed by atoms with Gasteiger partial charge in [0, 0.05) is 0 Å². The molecule has 1 heterocycles. The van der Waals surface area contributed by atoms with Gasteiger partial charge in [-0.05, 0) is 30.7 Å². The van der Waals surface area contributed by atoms with Gasteiger partial charge >= 0.3 is 5.69 Å². The lowest BCUT2D eigenvalue weighted by molar-refractivity contribution is 0.634. The maximum atomic E-state index is 13.9. The Bertz CT molecular complexity index is 786. The number of aryl methyl sites for hydroxylation is 1. The minimum absolute atomic E-state index is 0.289. The molecule has 0 aliphatic carbocycles. The molecule has 0 unspecified atom stereocenters. The fourth-order valence-corrected chi connectivity index (χ4v) is 2.16. The third-order valence-electron chi connectivity index (χ3n) is 3.01. The normalized spacial score (nSPS) is 11.0. The van der Waals surface area contributed by atoms with Gasteiger partial charge in [-0.1, -0.05) is 24.3 Å².